The Labute approximate surface area is 125 Å². The lowest BCUT2D eigenvalue weighted by atomic mass is 10.2. The molecule has 0 fully saturated rings. The van der Waals surface area contributed by atoms with Gasteiger partial charge in [-0.1, -0.05) is 11.6 Å². The van der Waals surface area contributed by atoms with E-state index in [0.29, 0.717) is 17.2 Å². The topological polar surface area (TPSA) is 86.5 Å². The number of hydrogen-bond donors (Lipinski definition) is 1. The number of anilines is 2. The van der Waals surface area contributed by atoms with Crippen LogP contribution in [0.3, 0.4) is 0 Å². The summed E-state index contributed by atoms with van der Waals surface area (Å²) in [5.74, 6) is 1.13. The van der Waals surface area contributed by atoms with Crippen LogP contribution in [0, 0.1) is 10.1 Å². The highest BCUT2D eigenvalue weighted by molar-refractivity contribution is 6.29. The zero-order chi connectivity index (χ0) is 15.4. The zero-order valence-corrected chi connectivity index (χ0v) is 12.0. The summed E-state index contributed by atoms with van der Waals surface area (Å²) in [6.45, 7) is 0. The van der Waals surface area contributed by atoms with Gasteiger partial charge in [-0.05, 0) is 6.07 Å². The Kier molecular flexibility index (Phi) is 4.44. The fraction of sp³-hybridized carbons (Fsp3) is 0.154. The number of nitrogens with one attached hydrogen (secondary N) is 1. The van der Waals surface area contributed by atoms with E-state index >= 15 is 0 Å². The number of rotatable bonds is 5. The summed E-state index contributed by atoms with van der Waals surface area (Å²) in [7, 11) is 3.03. The van der Waals surface area contributed by atoms with Crippen molar-refractivity contribution < 1.29 is 14.4 Å². The normalized spacial score (nSPS) is 10.0. The molecule has 0 aliphatic heterocycles. The Balaban J connectivity index is 2.42. The van der Waals surface area contributed by atoms with Crippen LogP contribution < -0.4 is 14.8 Å². The van der Waals surface area contributed by atoms with Crippen molar-refractivity contribution in [3.8, 4) is 11.5 Å². The smallest absolute Gasteiger partial charge is 0.311 e. The van der Waals surface area contributed by atoms with Crippen molar-refractivity contribution in [2.75, 3.05) is 19.5 Å². The molecule has 0 amide bonds. The van der Waals surface area contributed by atoms with E-state index in [1.807, 2.05) is 0 Å². The average molecular weight is 310 g/mol. The third-order valence-electron chi connectivity index (χ3n) is 2.65. The van der Waals surface area contributed by atoms with E-state index in [1.54, 1.807) is 18.2 Å². The van der Waals surface area contributed by atoms with E-state index in [1.165, 1.54) is 26.4 Å². The van der Waals surface area contributed by atoms with Crippen molar-refractivity contribution in [2.24, 2.45) is 0 Å². The maximum absolute atomic E-state index is 11.0. The van der Waals surface area contributed by atoms with Crippen LogP contribution in [0.4, 0.5) is 17.2 Å². The second kappa shape index (κ2) is 6.27. The number of pyridine rings is 1. The number of benzene rings is 1. The molecule has 0 aliphatic rings. The van der Waals surface area contributed by atoms with Crippen molar-refractivity contribution in [3.05, 3.63) is 45.6 Å². The molecule has 0 bridgehead atoms. The number of nitro groups is 1. The van der Waals surface area contributed by atoms with Crippen LogP contribution in [-0.2, 0) is 0 Å². The van der Waals surface area contributed by atoms with E-state index in [-0.39, 0.29) is 16.7 Å². The van der Waals surface area contributed by atoms with Gasteiger partial charge in [-0.3, -0.25) is 10.1 Å². The van der Waals surface area contributed by atoms with E-state index in [2.05, 4.69) is 10.3 Å². The summed E-state index contributed by atoms with van der Waals surface area (Å²) >= 11 is 5.78. The van der Waals surface area contributed by atoms with Crippen LogP contribution in [0.2, 0.25) is 5.15 Å². The largest absolute Gasteiger partial charge is 0.497 e. The molecule has 110 valence electrons. The van der Waals surface area contributed by atoms with Gasteiger partial charge < -0.3 is 14.8 Å². The molecule has 1 aromatic carbocycles. The molecule has 0 saturated heterocycles. The van der Waals surface area contributed by atoms with Gasteiger partial charge in [-0.25, -0.2) is 4.98 Å². The number of methoxy groups -OCH3 is 2. The minimum Gasteiger partial charge on any atom is -0.497 e. The monoisotopic (exact) mass is 309 g/mol. The first-order valence-electron chi connectivity index (χ1n) is 5.84. The minimum atomic E-state index is -0.539. The summed E-state index contributed by atoms with van der Waals surface area (Å²) in [6, 6.07) is 7.65. The summed E-state index contributed by atoms with van der Waals surface area (Å²) in [5, 5.41) is 14.0. The van der Waals surface area contributed by atoms with Gasteiger partial charge in [0.15, 0.2) is 0 Å². The molecule has 7 nitrogen and oxygen atoms in total. The van der Waals surface area contributed by atoms with Crippen LogP contribution >= 0.6 is 11.6 Å². The molecular weight excluding hydrogens is 298 g/mol. The predicted molar refractivity (Wildman–Crippen MR) is 78.7 cm³/mol. The van der Waals surface area contributed by atoms with Crippen LogP contribution in [0.5, 0.6) is 11.5 Å². The number of ether oxygens (including phenoxy) is 2. The summed E-state index contributed by atoms with van der Waals surface area (Å²) in [6.07, 6.45) is 0. The van der Waals surface area contributed by atoms with Gasteiger partial charge in [0.05, 0.1) is 19.1 Å². The quantitative estimate of drug-likeness (QED) is 0.517. The molecule has 0 unspecified atom stereocenters. The first-order valence-corrected chi connectivity index (χ1v) is 6.22. The fourth-order valence-corrected chi connectivity index (χ4v) is 1.83. The second-order valence-electron chi connectivity index (χ2n) is 3.99. The fourth-order valence-electron chi connectivity index (χ4n) is 1.68. The average Bonchev–Trinajstić information content (AvgIpc) is 2.46. The van der Waals surface area contributed by atoms with Crippen molar-refractivity contribution in [2.45, 2.75) is 0 Å². The molecule has 8 heteroatoms. The second-order valence-corrected chi connectivity index (χ2v) is 4.37. The van der Waals surface area contributed by atoms with E-state index in [4.69, 9.17) is 21.1 Å². The lowest BCUT2D eigenvalue weighted by Crippen LogP contribution is -2.00. The number of halogens is 1. The molecule has 2 aromatic rings. The third-order valence-corrected chi connectivity index (χ3v) is 2.86. The highest BCUT2D eigenvalue weighted by Gasteiger charge is 2.16. The molecule has 21 heavy (non-hydrogen) atoms. The highest BCUT2D eigenvalue weighted by atomic mass is 35.5. The Bertz CT molecular complexity index is 656. The van der Waals surface area contributed by atoms with Crippen LogP contribution in [0.25, 0.3) is 0 Å². The Morgan fingerprint density at radius 2 is 1.81 bits per heavy atom. The first-order chi connectivity index (χ1) is 10.0. The molecule has 0 aliphatic carbocycles. The Hall–Kier alpha value is -2.54. The molecule has 0 spiro atoms. The van der Waals surface area contributed by atoms with E-state index < -0.39 is 4.92 Å². The van der Waals surface area contributed by atoms with Gasteiger partial charge in [0, 0.05) is 30.0 Å². The molecule has 1 N–H and O–H groups in total. The van der Waals surface area contributed by atoms with Crippen molar-refractivity contribution >= 4 is 28.8 Å². The van der Waals surface area contributed by atoms with Crippen LogP contribution in [0.1, 0.15) is 0 Å². The maximum Gasteiger partial charge on any atom is 0.311 e. The van der Waals surface area contributed by atoms with Gasteiger partial charge in [0.25, 0.3) is 0 Å². The molecule has 2 rings (SSSR count). The van der Waals surface area contributed by atoms with Gasteiger partial charge in [0.2, 0.25) is 5.82 Å². The van der Waals surface area contributed by atoms with Crippen molar-refractivity contribution in [1.29, 1.82) is 0 Å². The van der Waals surface area contributed by atoms with Gasteiger partial charge in [-0.15, -0.1) is 0 Å². The molecule has 0 radical (unpaired) electrons. The van der Waals surface area contributed by atoms with E-state index in [0.717, 1.165) is 0 Å². The third kappa shape index (κ3) is 3.51. The maximum atomic E-state index is 11.0. The number of nitrogens with zero attached hydrogens (tertiary/aromatic N) is 2. The minimum absolute atomic E-state index is 0.0443. The van der Waals surface area contributed by atoms with Crippen LogP contribution in [0.15, 0.2) is 30.3 Å². The number of hydrogen-bond acceptors (Lipinski definition) is 6. The zero-order valence-electron chi connectivity index (χ0n) is 11.3. The summed E-state index contributed by atoms with van der Waals surface area (Å²) in [4.78, 5) is 14.4. The van der Waals surface area contributed by atoms with Gasteiger partial charge in [-0.2, -0.15) is 0 Å². The summed E-state index contributed by atoms with van der Waals surface area (Å²) < 4.78 is 10.3. The molecule has 0 atom stereocenters. The lowest BCUT2D eigenvalue weighted by molar-refractivity contribution is -0.384. The van der Waals surface area contributed by atoms with E-state index in [9.17, 15) is 10.1 Å². The number of aromatic nitrogens is 1. The molecule has 1 aromatic heterocycles. The Morgan fingerprint density at radius 3 is 2.33 bits per heavy atom. The Morgan fingerprint density at radius 1 is 1.19 bits per heavy atom. The highest BCUT2D eigenvalue weighted by Crippen LogP contribution is 2.31. The first kappa shape index (κ1) is 14.9. The summed E-state index contributed by atoms with van der Waals surface area (Å²) in [5.41, 5.74) is 0.352. The van der Waals surface area contributed by atoms with Crippen molar-refractivity contribution in [1.82, 2.24) is 4.98 Å². The SMILES string of the molecule is COc1cc(Nc2nc(Cl)ccc2[N+](=O)[O-])cc(OC)c1. The standard InChI is InChI=1S/C13H12ClN3O4/c1-20-9-5-8(6-10(7-9)21-2)15-13-11(17(18)19)3-4-12(14)16-13/h3-7H,1-2H3,(H,15,16). The molecule has 1 heterocycles. The van der Waals surface area contributed by atoms with Gasteiger partial charge >= 0.3 is 5.69 Å². The molecular formula is C13H12ClN3O4. The molecule has 0 saturated carbocycles. The van der Waals surface area contributed by atoms with Gasteiger partial charge in [0.1, 0.15) is 16.7 Å². The lowest BCUT2D eigenvalue weighted by Gasteiger charge is -2.10. The predicted octanol–water partition coefficient (Wildman–Crippen LogP) is 3.40. The van der Waals surface area contributed by atoms with Crippen molar-refractivity contribution in [3.63, 3.8) is 0 Å². The van der Waals surface area contributed by atoms with Crippen LogP contribution in [-0.4, -0.2) is 24.1 Å².